The first-order chi connectivity index (χ1) is 16.4. The van der Waals surface area contributed by atoms with E-state index in [0.717, 1.165) is 52.1 Å². The lowest BCUT2D eigenvalue weighted by molar-refractivity contribution is -0.135. The number of rotatable bonds is 8. The fraction of sp³-hybridized carbons (Fsp3) is 0.654. The molecular formula is C26H39N5O3. The van der Waals surface area contributed by atoms with Gasteiger partial charge < -0.3 is 20.4 Å². The average Bonchev–Trinajstić information content (AvgIpc) is 3.62. The molecule has 34 heavy (non-hydrogen) atoms. The maximum absolute atomic E-state index is 12.8. The number of anilines is 1. The predicted octanol–water partition coefficient (Wildman–Crippen LogP) is 2.03. The van der Waals surface area contributed by atoms with Crippen LogP contribution in [0.3, 0.4) is 0 Å². The monoisotopic (exact) mass is 469 g/mol. The van der Waals surface area contributed by atoms with Gasteiger partial charge in [0, 0.05) is 58.3 Å². The number of amides is 3. The number of piperazine rings is 1. The molecule has 0 aromatic heterocycles. The molecule has 3 aliphatic rings. The van der Waals surface area contributed by atoms with Gasteiger partial charge in [0.15, 0.2) is 0 Å². The smallest absolute Gasteiger partial charge is 0.253 e. The molecule has 186 valence electrons. The number of hydrogen-bond acceptors (Lipinski definition) is 5. The van der Waals surface area contributed by atoms with Crippen LogP contribution in [0.2, 0.25) is 0 Å². The summed E-state index contributed by atoms with van der Waals surface area (Å²) >= 11 is 0. The second-order valence-corrected chi connectivity index (χ2v) is 10.5. The quantitative estimate of drug-likeness (QED) is 0.609. The highest BCUT2D eigenvalue weighted by molar-refractivity contribution is 6.03. The molecule has 2 heterocycles. The zero-order chi connectivity index (χ0) is 24.1. The van der Waals surface area contributed by atoms with E-state index in [4.69, 9.17) is 0 Å². The van der Waals surface area contributed by atoms with E-state index in [-0.39, 0.29) is 23.8 Å². The van der Waals surface area contributed by atoms with E-state index in [1.54, 1.807) is 12.1 Å². The van der Waals surface area contributed by atoms with E-state index in [1.165, 1.54) is 6.42 Å². The molecule has 0 bridgehead atoms. The van der Waals surface area contributed by atoms with Crippen molar-refractivity contribution in [3.05, 3.63) is 29.8 Å². The lowest BCUT2D eigenvalue weighted by Gasteiger charge is -2.38. The van der Waals surface area contributed by atoms with Gasteiger partial charge in [0.2, 0.25) is 11.8 Å². The van der Waals surface area contributed by atoms with Gasteiger partial charge in [0.05, 0.1) is 17.8 Å². The minimum Gasteiger partial charge on any atom is -0.349 e. The van der Waals surface area contributed by atoms with Gasteiger partial charge >= 0.3 is 0 Å². The third-order valence-electron chi connectivity index (χ3n) is 7.06. The molecule has 2 unspecified atom stereocenters. The molecule has 2 aliphatic heterocycles. The SMILES string of the molecule is CC1CC(C)CN(C(=O)CN2CCN(CCC(=O)Nc3ccccc3C(=O)NC3CC3)CC2)C1. The molecule has 1 aromatic rings. The van der Waals surface area contributed by atoms with Crippen LogP contribution in [0.4, 0.5) is 5.69 Å². The Morgan fingerprint density at radius 2 is 1.59 bits per heavy atom. The number of hydrogen-bond donors (Lipinski definition) is 2. The summed E-state index contributed by atoms with van der Waals surface area (Å²) in [6.07, 6.45) is 3.63. The molecule has 0 spiro atoms. The van der Waals surface area contributed by atoms with Crippen LogP contribution < -0.4 is 10.6 Å². The van der Waals surface area contributed by atoms with E-state index in [2.05, 4.69) is 34.3 Å². The Bertz CT molecular complexity index is 869. The Balaban J connectivity index is 1.17. The first kappa shape index (κ1) is 24.7. The van der Waals surface area contributed by atoms with Crippen molar-refractivity contribution >= 4 is 23.4 Å². The molecule has 2 atom stereocenters. The third-order valence-corrected chi connectivity index (χ3v) is 7.06. The van der Waals surface area contributed by atoms with E-state index < -0.39 is 0 Å². The molecule has 1 aliphatic carbocycles. The molecule has 1 aromatic carbocycles. The van der Waals surface area contributed by atoms with Crippen LogP contribution in [0, 0.1) is 11.8 Å². The van der Waals surface area contributed by atoms with Gasteiger partial charge in [-0.05, 0) is 43.2 Å². The fourth-order valence-corrected chi connectivity index (χ4v) is 5.08. The highest BCUT2D eigenvalue weighted by Gasteiger charge is 2.28. The number of carbonyl (C=O) groups is 3. The molecule has 8 nitrogen and oxygen atoms in total. The van der Waals surface area contributed by atoms with Crippen molar-refractivity contribution in [1.29, 1.82) is 0 Å². The van der Waals surface area contributed by atoms with Crippen LogP contribution in [0.25, 0.3) is 0 Å². The van der Waals surface area contributed by atoms with E-state index in [1.807, 2.05) is 17.0 Å². The van der Waals surface area contributed by atoms with Crippen molar-refractivity contribution in [3.8, 4) is 0 Å². The van der Waals surface area contributed by atoms with Gasteiger partial charge in [-0.3, -0.25) is 19.3 Å². The summed E-state index contributed by atoms with van der Waals surface area (Å²) in [6, 6.07) is 7.44. The third kappa shape index (κ3) is 7.03. The van der Waals surface area contributed by atoms with E-state index >= 15 is 0 Å². The van der Waals surface area contributed by atoms with Crippen LogP contribution in [-0.2, 0) is 9.59 Å². The number of nitrogens with one attached hydrogen (secondary N) is 2. The Kier molecular flexibility index (Phi) is 8.21. The summed E-state index contributed by atoms with van der Waals surface area (Å²) in [5.74, 6) is 1.19. The molecule has 8 heteroatoms. The number of nitrogens with zero attached hydrogens (tertiary/aromatic N) is 3. The Labute approximate surface area is 203 Å². The molecule has 2 saturated heterocycles. The molecule has 0 radical (unpaired) electrons. The lowest BCUT2D eigenvalue weighted by atomic mass is 9.92. The van der Waals surface area contributed by atoms with Gasteiger partial charge in [-0.15, -0.1) is 0 Å². The maximum Gasteiger partial charge on any atom is 0.253 e. The summed E-state index contributed by atoms with van der Waals surface area (Å²) in [6.45, 7) is 10.8. The number of benzene rings is 1. The minimum atomic E-state index is -0.127. The standard InChI is InChI=1S/C26H39N5O3/c1-19-15-20(2)17-31(16-19)25(33)18-30-13-11-29(12-14-30)10-9-24(32)28-23-6-4-3-5-22(23)26(34)27-21-7-8-21/h3-6,19-21H,7-18H2,1-2H3,(H,27,34)(H,28,32). The Morgan fingerprint density at radius 3 is 2.26 bits per heavy atom. The Hall–Kier alpha value is -2.45. The molecule has 3 fully saturated rings. The van der Waals surface area contributed by atoms with Gasteiger partial charge in [-0.1, -0.05) is 26.0 Å². The van der Waals surface area contributed by atoms with Crippen LogP contribution >= 0.6 is 0 Å². The first-order valence-corrected chi connectivity index (χ1v) is 12.8. The minimum absolute atomic E-state index is 0.0855. The van der Waals surface area contributed by atoms with Gasteiger partial charge in [0.25, 0.3) is 5.91 Å². The highest BCUT2D eigenvalue weighted by Crippen LogP contribution is 2.22. The van der Waals surface area contributed by atoms with Crippen molar-refractivity contribution in [3.63, 3.8) is 0 Å². The van der Waals surface area contributed by atoms with Gasteiger partial charge in [-0.25, -0.2) is 0 Å². The number of likely N-dealkylation sites (tertiary alicyclic amines) is 1. The molecule has 3 amide bonds. The Morgan fingerprint density at radius 1 is 0.941 bits per heavy atom. The van der Waals surface area contributed by atoms with Gasteiger partial charge in [-0.2, -0.15) is 0 Å². The average molecular weight is 470 g/mol. The van der Waals surface area contributed by atoms with Crippen LogP contribution in [0.1, 0.15) is 49.9 Å². The molecule has 1 saturated carbocycles. The maximum atomic E-state index is 12.8. The number of piperidine rings is 1. The molecule has 4 rings (SSSR count). The van der Waals surface area contributed by atoms with Crippen LogP contribution in [0.5, 0.6) is 0 Å². The van der Waals surface area contributed by atoms with Crippen molar-refractivity contribution in [2.75, 3.05) is 57.7 Å². The largest absolute Gasteiger partial charge is 0.349 e. The first-order valence-electron chi connectivity index (χ1n) is 12.8. The zero-order valence-corrected chi connectivity index (χ0v) is 20.6. The summed E-state index contributed by atoms with van der Waals surface area (Å²) in [7, 11) is 0. The second kappa shape index (κ2) is 11.3. The lowest BCUT2D eigenvalue weighted by Crippen LogP contribution is -2.52. The predicted molar refractivity (Wildman–Crippen MR) is 133 cm³/mol. The normalized spacial score (nSPS) is 24.0. The van der Waals surface area contributed by atoms with Crippen molar-refractivity contribution < 1.29 is 14.4 Å². The summed E-state index contributed by atoms with van der Waals surface area (Å²) in [4.78, 5) is 44.3. The topological polar surface area (TPSA) is 85.0 Å². The summed E-state index contributed by atoms with van der Waals surface area (Å²) in [5, 5.41) is 5.90. The van der Waals surface area contributed by atoms with Crippen molar-refractivity contribution in [2.45, 2.75) is 45.6 Å². The summed E-state index contributed by atoms with van der Waals surface area (Å²) < 4.78 is 0. The van der Waals surface area contributed by atoms with Crippen LogP contribution in [0.15, 0.2) is 24.3 Å². The van der Waals surface area contributed by atoms with Crippen molar-refractivity contribution in [2.24, 2.45) is 11.8 Å². The number of carbonyl (C=O) groups excluding carboxylic acids is 3. The van der Waals surface area contributed by atoms with Crippen molar-refractivity contribution in [1.82, 2.24) is 20.0 Å². The highest BCUT2D eigenvalue weighted by atomic mass is 16.2. The van der Waals surface area contributed by atoms with Crippen LogP contribution in [-0.4, -0.2) is 90.8 Å². The second-order valence-electron chi connectivity index (χ2n) is 10.5. The zero-order valence-electron chi connectivity index (χ0n) is 20.6. The molecule has 2 N–H and O–H groups in total. The summed E-state index contributed by atoms with van der Waals surface area (Å²) in [5.41, 5.74) is 1.08. The van der Waals surface area contributed by atoms with E-state index in [9.17, 15) is 14.4 Å². The van der Waals surface area contributed by atoms with E-state index in [0.29, 0.717) is 42.6 Å². The fourth-order valence-electron chi connectivity index (χ4n) is 5.08. The molecular weight excluding hydrogens is 430 g/mol. The number of para-hydroxylation sites is 1. The van der Waals surface area contributed by atoms with Gasteiger partial charge in [0.1, 0.15) is 0 Å².